The summed E-state index contributed by atoms with van der Waals surface area (Å²) in [6.45, 7) is 6.16. The second-order valence-electron chi connectivity index (χ2n) is 9.19. The second-order valence-corrected chi connectivity index (χ2v) is 10.1. The molecule has 2 aliphatic rings. The maximum atomic E-state index is 13.4. The van der Waals surface area contributed by atoms with E-state index in [1.54, 1.807) is 21.9 Å². The molecule has 2 aromatic rings. The van der Waals surface area contributed by atoms with Gasteiger partial charge in [0.1, 0.15) is 23.5 Å². The number of benzene rings is 1. The SMILES string of the molecule is CC(C)(C)OC(=O)N1CCC2(CC1)N=C(c1cccs1)C(=O)N2CC(=O)Nc1ccccc1. The van der Waals surface area contributed by atoms with Crippen LogP contribution >= 0.6 is 11.3 Å². The Kier molecular flexibility index (Phi) is 6.25. The molecular formula is C24H28N4O4S. The van der Waals surface area contributed by atoms with Crippen LogP contribution in [-0.2, 0) is 14.3 Å². The molecule has 1 fully saturated rings. The third kappa shape index (κ3) is 5.08. The number of amides is 3. The Morgan fingerprint density at radius 3 is 2.42 bits per heavy atom. The van der Waals surface area contributed by atoms with Crippen LogP contribution < -0.4 is 5.32 Å². The number of likely N-dealkylation sites (tertiary alicyclic amines) is 1. The largest absolute Gasteiger partial charge is 0.444 e. The van der Waals surface area contributed by atoms with Crippen LogP contribution in [0.5, 0.6) is 0 Å². The summed E-state index contributed by atoms with van der Waals surface area (Å²) in [4.78, 5) is 47.6. The minimum absolute atomic E-state index is 0.113. The van der Waals surface area contributed by atoms with Gasteiger partial charge in [-0.2, -0.15) is 0 Å². The van der Waals surface area contributed by atoms with Gasteiger partial charge >= 0.3 is 6.09 Å². The van der Waals surface area contributed by atoms with Gasteiger partial charge in [0.05, 0.1) is 4.88 Å². The smallest absolute Gasteiger partial charge is 0.410 e. The van der Waals surface area contributed by atoms with Crippen LogP contribution in [0.4, 0.5) is 10.5 Å². The molecule has 3 amide bonds. The summed E-state index contributed by atoms with van der Waals surface area (Å²) in [5, 5.41) is 4.74. The summed E-state index contributed by atoms with van der Waals surface area (Å²) >= 11 is 1.44. The first-order valence-electron chi connectivity index (χ1n) is 11.0. The maximum Gasteiger partial charge on any atom is 0.410 e. The van der Waals surface area contributed by atoms with E-state index >= 15 is 0 Å². The average molecular weight is 469 g/mol. The zero-order valence-corrected chi connectivity index (χ0v) is 19.9. The number of nitrogens with one attached hydrogen (secondary N) is 1. The molecule has 3 heterocycles. The normalized spacial score (nSPS) is 17.8. The molecule has 8 nitrogen and oxygen atoms in total. The van der Waals surface area contributed by atoms with Crippen LogP contribution in [0.2, 0.25) is 0 Å². The second kappa shape index (κ2) is 8.97. The molecule has 0 unspecified atom stereocenters. The Morgan fingerprint density at radius 2 is 1.82 bits per heavy atom. The number of ether oxygens (including phenoxy) is 1. The van der Waals surface area contributed by atoms with Crippen LogP contribution in [0.25, 0.3) is 0 Å². The number of nitrogens with zero attached hydrogens (tertiary/aromatic N) is 3. The van der Waals surface area contributed by atoms with Crippen molar-refractivity contribution < 1.29 is 19.1 Å². The lowest BCUT2D eigenvalue weighted by atomic mass is 9.96. The number of rotatable bonds is 4. The summed E-state index contributed by atoms with van der Waals surface area (Å²) < 4.78 is 5.50. The van der Waals surface area contributed by atoms with Crippen LogP contribution in [0.15, 0.2) is 52.8 Å². The monoisotopic (exact) mass is 468 g/mol. The fourth-order valence-corrected chi connectivity index (χ4v) is 4.75. The first kappa shape index (κ1) is 23.0. The third-order valence-corrected chi connectivity index (χ3v) is 6.48. The van der Waals surface area contributed by atoms with Crippen molar-refractivity contribution >= 4 is 40.6 Å². The van der Waals surface area contributed by atoms with Gasteiger partial charge in [0.15, 0.2) is 0 Å². The number of carbonyl (C=O) groups is 3. The molecule has 4 rings (SSSR count). The standard InChI is InChI=1S/C24H28N4O4S/c1-23(2,3)32-22(31)27-13-11-24(12-14-27)26-20(18-10-7-15-33-18)21(30)28(24)16-19(29)25-17-8-5-4-6-9-17/h4-10,15H,11-14,16H2,1-3H3,(H,25,29). The highest BCUT2D eigenvalue weighted by Crippen LogP contribution is 2.37. The van der Waals surface area contributed by atoms with Crippen molar-refractivity contribution in [1.82, 2.24) is 9.80 Å². The fraction of sp³-hybridized carbons (Fsp3) is 0.417. The molecule has 33 heavy (non-hydrogen) atoms. The van der Waals surface area contributed by atoms with Gasteiger partial charge in [-0.3, -0.25) is 9.59 Å². The molecule has 2 aliphatic heterocycles. The Hall–Kier alpha value is -3.20. The van der Waals surface area contributed by atoms with E-state index in [1.165, 1.54) is 11.3 Å². The Bertz CT molecular complexity index is 1050. The van der Waals surface area contributed by atoms with Gasteiger partial charge in [0.2, 0.25) is 5.91 Å². The highest BCUT2D eigenvalue weighted by atomic mass is 32.1. The zero-order valence-electron chi connectivity index (χ0n) is 19.0. The van der Waals surface area contributed by atoms with Crippen molar-refractivity contribution in [1.29, 1.82) is 0 Å². The topological polar surface area (TPSA) is 91.3 Å². The number of aliphatic imine (C=N–C) groups is 1. The Balaban J connectivity index is 1.53. The van der Waals surface area contributed by atoms with E-state index in [1.807, 2.05) is 56.5 Å². The predicted octanol–water partition coefficient (Wildman–Crippen LogP) is 3.75. The van der Waals surface area contributed by atoms with Crippen LogP contribution in [-0.4, -0.2) is 64.3 Å². The number of hydrogen-bond acceptors (Lipinski definition) is 6. The first-order chi connectivity index (χ1) is 15.7. The fourth-order valence-electron chi connectivity index (χ4n) is 4.05. The Labute approximate surface area is 197 Å². The van der Waals surface area contributed by atoms with Gasteiger partial charge in [-0.05, 0) is 44.4 Å². The molecule has 0 radical (unpaired) electrons. The third-order valence-electron chi connectivity index (χ3n) is 5.60. The highest BCUT2D eigenvalue weighted by molar-refractivity contribution is 7.13. The molecule has 0 saturated carbocycles. The van der Waals surface area contributed by atoms with E-state index in [9.17, 15) is 14.4 Å². The minimum Gasteiger partial charge on any atom is -0.444 e. The lowest BCUT2D eigenvalue weighted by molar-refractivity contribution is -0.134. The molecule has 1 spiro atoms. The molecule has 1 saturated heterocycles. The van der Waals surface area contributed by atoms with E-state index in [-0.39, 0.29) is 24.5 Å². The van der Waals surface area contributed by atoms with E-state index in [2.05, 4.69) is 5.32 Å². The van der Waals surface area contributed by atoms with E-state index in [4.69, 9.17) is 9.73 Å². The lowest BCUT2D eigenvalue weighted by Gasteiger charge is -2.42. The number of hydrogen-bond donors (Lipinski definition) is 1. The zero-order chi connectivity index (χ0) is 23.6. The van der Waals surface area contributed by atoms with Crippen LogP contribution in [0.1, 0.15) is 38.5 Å². The van der Waals surface area contributed by atoms with Gasteiger partial charge in [0, 0.05) is 31.6 Å². The number of para-hydroxylation sites is 1. The highest BCUT2D eigenvalue weighted by Gasteiger charge is 2.50. The van der Waals surface area contributed by atoms with Gasteiger partial charge in [0.25, 0.3) is 5.91 Å². The summed E-state index contributed by atoms with van der Waals surface area (Å²) in [6.07, 6.45) is 0.495. The van der Waals surface area contributed by atoms with E-state index in [0.717, 1.165) is 4.88 Å². The first-order valence-corrected chi connectivity index (χ1v) is 11.8. The molecule has 1 aromatic carbocycles. The van der Waals surface area contributed by atoms with Gasteiger partial charge < -0.3 is 19.9 Å². The van der Waals surface area contributed by atoms with Gasteiger partial charge in [-0.1, -0.05) is 24.3 Å². The number of thiophene rings is 1. The summed E-state index contributed by atoms with van der Waals surface area (Å²) in [7, 11) is 0. The number of carbonyl (C=O) groups excluding carboxylic acids is 3. The van der Waals surface area contributed by atoms with E-state index < -0.39 is 11.3 Å². The van der Waals surface area contributed by atoms with Gasteiger partial charge in [-0.15, -0.1) is 11.3 Å². The molecule has 1 aromatic heterocycles. The van der Waals surface area contributed by atoms with Gasteiger partial charge in [-0.25, -0.2) is 9.79 Å². The number of piperidine rings is 1. The van der Waals surface area contributed by atoms with Crippen molar-refractivity contribution in [3.63, 3.8) is 0 Å². The van der Waals surface area contributed by atoms with Crippen LogP contribution in [0.3, 0.4) is 0 Å². The quantitative estimate of drug-likeness (QED) is 0.740. The molecular weight excluding hydrogens is 440 g/mol. The molecule has 1 N–H and O–H groups in total. The molecule has 9 heteroatoms. The lowest BCUT2D eigenvalue weighted by Crippen LogP contribution is -2.56. The molecule has 0 bridgehead atoms. The van der Waals surface area contributed by atoms with Crippen molar-refractivity contribution in [2.24, 2.45) is 4.99 Å². The minimum atomic E-state index is -0.858. The summed E-state index contributed by atoms with van der Waals surface area (Å²) in [5.74, 6) is -0.544. The average Bonchev–Trinajstić information content (AvgIpc) is 3.37. The molecule has 0 atom stereocenters. The van der Waals surface area contributed by atoms with Crippen molar-refractivity contribution in [2.75, 3.05) is 25.0 Å². The van der Waals surface area contributed by atoms with Crippen molar-refractivity contribution in [2.45, 2.75) is 44.9 Å². The van der Waals surface area contributed by atoms with Crippen molar-refractivity contribution in [3.05, 3.63) is 52.7 Å². The van der Waals surface area contributed by atoms with E-state index in [0.29, 0.717) is 37.3 Å². The molecule has 174 valence electrons. The van der Waals surface area contributed by atoms with Crippen molar-refractivity contribution in [3.8, 4) is 0 Å². The number of anilines is 1. The predicted molar refractivity (Wildman–Crippen MR) is 127 cm³/mol. The summed E-state index contributed by atoms with van der Waals surface area (Å²) in [5.41, 5.74) is -0.393. The summed E-state index contributed by atoms with van der Waals surface area (Å²) in [6, 6.07) is 12.9. The van der Waals surface area contributed by atoms with Crippen LogP contribution in [0, 0.1) is 0 Å². The molecule has 0 aliphatic carbocycles. The maximum absolute atomic E-state index is 13.4. The Morgan fingerprint density at radius 1 is 1.12 bits per heavy atom.